The van der Waals surface area contributed by atoms with Crippen molar-refractivity contribution in [2.24, 2.45) is 5.41 Å². The molecule has 8 nitrogen and oxygen atoms in total. The maximum atomic E-state index is 13.5. The first-order valence-corrected chi connectivity index (χ1v) is 14.6. The van der Waals surface area contributed by atoms with Gasteiger partial charge in [0, 0.05) is 50.2 Å². The van der Waals surface area contributed by atoms with Crippen molar-refractivity contribution in [3.63, 3.8) is 0 Å². The van der Waals surface area contributed by atoms with Crippen LogP contribution in [0, 0.1) is 5.41 Å². The van der Waals surface area contributed by atoms with E-state index in [2.05, 4.69) is 37.8 Å². The largest absolute Gasteiger partial charge is 0.497 e. The van der Waals surface area contributed by atoms with E-state index in [-0.39, 0.29) is 22.4 Å². The summed E-state index contributed by atoms with van der Waals surface area (Å²) in [6.07, 6.45) is 4.25. The molecule has 5 rings (SSSR count). The molecular formula is C33H43N3O5. The third-order valence-corrected chi connectivity index (χ3v) is 8.92. The van der Waals surface area contributed by atoms with Crippen LogP contribution in [-0.4, -0.2) is 73.3 Å². The first-order valence-electron chi connectivity index (χ1n) is 14.6. The molecule has 3 heterocycles. The number of aromatic nitrogens is 1. The number of rotatable bonds is 7. The molecule has 41 heavy (non-hydrogen) atoms. The number of hydrogen-bond acceptors (Lipinski definition) is 6. The van der Waals surface area contributed by atoms with Gasteiger partial charge in [-0.3, -0.25) is 14.5 Å². The highest BCUT2D eigenvalue weighted by atomic mass is 16.6. The van der Waals surface area contributed by atoms with Gasteiger partial charge in [-0.25, -0.2) is 0 Å². The van der Waals surface area contributed by atoms with Crippen molar-refractivity contribution < 1.29 is 19.0 Å². The zero-order valence-corrected chi connectivity index (χ0v) is 25.3. The van der Waals surface area contributed by atoms with E-state index in [0.29, 0.717) is 36.6 Å². The lowest BCUT2D eigenvalue weighted by molar-refractivity contribution is -0.0403. The van der Waals surface area contributed by atoms with E-state index in [1.165, 1.54) is 23.0 Å². The van der Waals surface area contributed by atoms with Gasteiger partial charge in [0.15, 0.2) is 11.5 Å². The zero-order valence-electron chi connectivity index (χ0n) is 25.3. The molecule has 1 aromatic heterocycles. The maximum absolute atomic E-state index is 13.5. The summed E-state index contributed by atoms with van der Waals surface area (Å²) in [5, 5.41) is 0.751. The van der Waals surface area contributed by atoms with Crippen LogP contribution in [0.15, 0.2) is 47.3 Å². The van der Waals surface area contributed by atoms with Gasteiger partial charge in [-0.05, 0) is 61.1 Å². The van der Waals surface area contributed by atoms with Crippen molar-refractivity contribution in [3.8, 4) is 17.2 Å². The van der Waals surface area contributed by atoms with E-state index < -0.39 is 0 Å². The smallest absolute Gasteiger partial charge is 0.254 e. The van der Waals surface area contributed by atoms with Gasteiger partial charge < -0.3 is 23.7 Å². The summed E-state index contributed by atoms with van der Waals surface area (Å²) in [7, 11) is 5.02. The number of benzene rings is 2. The first-order chi connectivity index (χ1) is 19.5. The number of piperidine rings is 1. The number of likely N-dealkylation sites (tertiary alicyclic amines) is 1. The van der Waals surface area contributed by atoms with Crippen molar-refractivity contribution in [2.75, 3.05) is 47.5 Å². The third kappa shape index (κ3) is 5.54. The van der Waals surface area contributed by atoms with Crippen LogP contribution in [0.4, 0.5) is 0 Å². The molecule has 2 aromatic carbocycles. The minimum atomic E-state index is -0.188. The van der Waals surface area contributed by atoms with E-state index >= 15 is 0 Å². The van der Waals surface area contributed by atoms with Crippen molar-refractivity contribution in [2.45, 2.75) is 58.5 Å². The second kappa shape index (κ2) is 11.4. The highest BCUT2D eigenvalue weighted by Crippen LogP contribution is 2.46. The van der Waals surface area contributed by atoms with Crippen LogP contribution < -0.4 is 19.8 Å². The number of carbonyl (C=O) groups excluding carboxylic acids is 1. The predicted molar refractivity (Wildman–Crippen MR) is 162 cm³/mol. The van der Waals surface area contributed by atoms with Crippen LogP contribution in [-0.2, 0) is 13.0 Å². The van der Waals surface area contributed by atoms with Crippen molar-refractivity contribution in [3.05, 3.63) is 63.9 Å². The molecule has 1 fully saturated rings. The molecule has 0 radical (unpaired) electrons. The normalized spacial score (nSPS) is 19.3. The number of hydrogen-bond donors (Lipinski definition) is 0. The molecule has 1 unspecified atom stereocenters. The summed E-state index contributed by atoms with van der Waals surface area (Å²) in [5.41, 5.74) is 2.06. The van der Waals surface area contributed by atoms with Gasteiger partial charge >= 0.3 is 0 Å². The molecule has 3 aromatic rings. The van der Waals surface area contributed by atoms with Crippen molar-refractivity contribution >= 4 is 16.8 Å². The summed E-state index contributed by atoms with van der Waals surface area (Å²) in [5.74, 6) is 2.09. The fourth-order valence-corrected chi connectivity index (χ4v) is 6.62. The summed E-state index contributed by atoms with van der Waals surface area (Å²) in [6, 6.07) is 13.4. The monoisotopic (exact) mass is 561 g/mol. The second-order valence-electron chi connectivity index (χ2n) is 12.5. The van der Waals surface area contributed by atoms with Crippen LogP contribution in [0.2, 0.25) is 0 Å². The second-order valence-corrected chi connectivity index (χ2v) is 12.5. The fraction of sp³-hybridized carbons (Fsp3) is 0.515. The van der Waals surface area contributed by atoms with Gasteiger partial charge in [-0.15, -0.1) is 0 Å². The summed E-state index contributed by atoms with van der Waals surface area (Å²) < 4.78 is 19.0. The van der Waals surface area contributed by atoms with E-state index in [0.717, 1.165) is 49.2 Å². The topological polar surface area (TPSA) is 73.2 Å². The Bertz CT molecular complexity index is 1490. The number of carbonyl (C=O) groups is 1. The SMILES string of the molecule is COc1ccc2c(C(=O)N(C)C)cc(=O)n(CCN3CCCCC3(Cc3ccc4c(c3)OCCO4)C(C)(C)C)c2c1. The lowest BCUT2D eigenvalue weighted by atomic mass is 9.65. The summed E-state index contributed by atoms with van der Waals surface area (Å²) in [6.45, 7) is 10.3. The Morgan fingerprint density at radius 1 is 1.00 bits per heavy atom. The molecule has 0 spiro atoms. The van der Waals surface area contributed by atoms with Gasteiger partial charge in [-0.1, -0.05) is 33.3 Å². The minimum Gasteiger partial charge on any atom is -0.497 e. The summed E-state index contributed by atoms with van der Waals surface area (Å²) >= 11 is 0. The van der Waals surface area contributed by atoms with E-state index in [1.807, 2.05) is 24.3 Å². The van der Waals surface area contributed by atoms with Gasteiger partial charge in [0.2, 0.25) is 0 Å². The van der Waals surface area contributed by atoms with E-state index in [4.69, 9.17) is 14.2 Å². The molecule has 220 valence electrons. The molecule has 0 aliphatic carbocycles. The molecule has 0 saturated carbocycles. The molecule has 2 aliphatic rings. The highest BCUT2D eigenvalue weighted by Gasteiger charge is 2.47. The van der Waals surface area contributed by atoms with Crippen LogP contribution in [0.25, 0.3) is 10.9 Å². The number of ether oxygens (including phenoxy) is 3. The quantitative estimate of drug-likeness (QED) is 0.405. The fourth-order valence-electron chi connectivity index (χ4n) is 6.62. The first kappa shape index (κ1) is 29.0. The maximum Gasteiger partial charge on any atom is 0.254 e. The van der Waals surface area contributed by atoms with Crippen molar-refractivity contribution in [1.82, 2.24) is 14.4 Å². The lowest BCUT2D eigenvalue weighted by Gasteiger charge is -2.55. The van der Waals surface area contributed by atoms with E-state index in [1.54, 1.807) is 25.8 Å². The number of nitrogens with zero attached hydrogens (tertiary/aromatic N) is 3. The van der Waals surface area contributed by atoms with Crippen LogP contribution in [0.1, 0.15) is 56.0 Å². The van der Waals surface area contributed by atoms with Gasteiger partial charge in [-0.2, -0.15) is 0 Å². The van der Waals surface area contributed by atoms with Gasteiger partial charge in [0.1, 0.15) is 19.0 Å². The molecule has 0 bridgehead atoms. The van der Waals surface area contributed by atoms with Gasteiger partial charge in [0.05, 0.1) is 18.2 Å². The molecule has 8 heteroatoms. The number of amides is 1. The average molecular weight is 562 g/mol. The van der Waals surface area contributed by atoms with Crippen LogP contribution >= 0.6 is 0 Å². The Morgan fingerprint density at radius 2 is 1.76 bits per heavy atom. The Balaban J connectivity index is 1.51. The number of methoxy groups -OCH3 is 1. The van der Waals surface area contributed by atoms with E-state index in [9.17, 15) is 9.59 Å². The molecule has 2 aliphatic heterocycles. The van der Waals surface area contributed by atoms with Crippen LogP contribution in [0.3, 0.4) is 0 Å². The number of fused-ring (bicyclic) bond motifs is 2. The standard InChI is InChI=1S/C33H43N3O5/c1-32(2,3)33(22-23-9-12-28-29(19-23)41-18-17-40-28)13-7-8-14-35(33)15-16-36-27-20-24(39-6)10-11-25(27)26(21-30(36)37)31(38)34(4)5/h9-12,19-21H,7-8,13-18,22H2,1-6H3. The molecule has 1 amide bonds. The Morgan fingerprint density at radius 3 is 2.46 bits per heavy atom. The Labute approximate surface area is 242 Å². The average Bonchev–Trinajstić information content (AvgIpc) is 2.95. The summed E-state index contributed by atoms with van der Waals surface area (Å²) in [4.78, 5) is 30.6. The predicted octanol–water partition coefficient (Wildman–Crippen LogP) is 5.00. The number of pyridine rings is 1. The molecule has 1 saturated heterocycles. The van der Waals surface area contributed by atoms with Crippen LogP contribution in [0.5, 0.6) is 17.2 Å². The van der Waals surface area contributed by atoms with Crippen molar-refractivity contribution in [1.29, 1.82) is 0 Å². The molecular weight excluding hydrogens is 518 g/mol. The zero-order chi connectivity index (χ0) is 29.4. The highest BCUT2D eigenvalue weighted by molar-refractivity contribution is 6.06. The molecule has 0 N–H and O–H groups in total. The third-order valence-electron chi connectivity index (χ3n) is 8.92. The lowest BCUT2D eigenvalue weighted by Crippen LogP contribution is -2.61. The Kier molecular flexibility index (Phi) is 8.06. The minimum absolute atomic E-state index is 0.0150. The molecule has 1 atom stereocenters. The Hall–Kier alpha value is -3.52. The van der Waals surface area contributed by atoms with Gasteiger partial charge in [0.25, 0.3) is 11.5 Å².